The van der Waals surface area contributed by atoms with Gasteiger partial charge in [0.05, 0.1) is 29.7 Å². The van der Waals surface area contributed by atoms with Crippen molar-refractivity contribution in [1.29, 1.82) is 0 Å². The second-order valence-electron chi connectivity index (χ2n) is 10.3. The number of aromatic hydroxyl groups is 1. The number of halogens is 4. The Kier molecular flexibility index (Phi) is 6.02. The molecule has 0 radical (unpaired) electrons. The molecule has 4 amide bonds. The molecular formula is C27H20Cl3FN2O7. The van der Waals surface area contributed by atoms with E-state index >= 15 is 0 Å². The third kappa shape index (κ3) is 3.30. The van der Waals surface area contributed by atoms with Gasteiger partial charge in [0.1, 0.15) is 5.82 Å². The number of ether oxygens (including phenoxy) is 1. The Labute approximate surface area is 241 Å². The van der Waals surface area contributed by atoms with Crippen LogP contribution in [0.3, 0.4) is 0 Å². The highest BCUT2D eigenvalue weighted by molar-refractivity contribution is 6.58. The van der Waals surface area contributed by atoms with E-state index in [1.807, 2.05) is 0 Å². The van der Waals surface area contributed by atoms with Crippen molar-refractivity contribution in [3.05, 3.63) is 64.5 Å². The summed E-state index contributed by atoms with van der Waals surface area (Å²) < 4.78 is 18.9. The number of carbonyl (C=O) groups excluding carboxylic acids is 4. The summed E-state index contributed by atoms with van der Waals surface area (Å²) in [6.45, 7) is 0. The van der Waals surface area contributed by atoms with Crippen molar-refractivity contribution in [2.75, 3.05) is 12.0 Å². The zero-order valence-corrected chi connectivity index (χ0v) is 22.9. The molecule has 2 aliphatic heterocycles. The predicted molar refractivity (Wildman–Crippen MR) is 140 cm³/mol. The van der Waals surface area contributed by atoms with Gasteiger partial charge in [0, 0.05) is 5.92 Å². The fourth-order valence-corrected chi connectivity index (χ4v) is 7.83. The van der Waals surface area contributed by atoms with E-state index in [4.69, 9.17) is 39.5 Å². The molecule has 6 rings (SSSR count). The van der Waals surface area contributed by atoms with E-state index in [1.165, 1.54) is 31.4 Å². The molecule has 1 saturated carbocycles. The van der Waals surface area contributed by atoms with Crippen LogP contribution >= 0.6 is 34.8 Å². The standard InChI is InChI=1S/C27H20Cl3FN2O7/c1-40-18-9-11(8-17(28)21(18)34)20-14-6-7-15-19(23(36)33(39)22(15)35)16(14)10-26(29)24(37)32(25(38)27(20,26)30)13-4-2-12(31)3-5-13/h2-6,8-9,15-16,19-20,34,39H,7,10H2,1H3. The number of amides is 4. The molecule has 40 heavy (non-hydrogen) atoms. The van der Waals surface area contributed by atoms with Crippen LogP contribution in [-0.4, -0.2) is 55.9 Å². The number of anilines is 1. The Hall–Kier alpha value is -3.18. The minimum Gasteiger partial charge on any atom is -0.503 e. The lowest BCUT2D eigenvalue weighted by molar-refractivity contribution is -0.173. The van der Waals surface area contributed by atoms with Gasteiger partial charge in [-0.15, -0.1) is 23.2 Å². The van der Waals surface area contributed by atoms with Crippen LogP contribution in [0.2, 0.25) is 5.02 Å². The largest absolute Gasteiger partial charge is 0.503 e. The molecule has 13 heteroatoms. The van der Waals surface area contributed by atoms with E-state index in [2.05, 4.69) is 0 Å². The molecular weight excluding hydrogens is 590 g/mol. The van der Waals surface area contributed by atoms with Crippen LogP contribution in [0.15, 0.2) is 48.0 Å². The smallest absolute Gasteiger partial charge is 0.258 e. The van der Waals surface area contributed by atoms with Gasteiger partial charge in [-0.25, -0.2) is 9.29 Å². The normalized spacial score (nSPS) is 33.1. The Morgan fingerprint density at radius 3 is 2.35 bits per heavy atom. The van der Waals surface area contributed by atoms with Crippen LogP contribution in [0.4, 0.5) is 10.1 Å². The van der Waals surface area contributed by atoms with E-state index in [9.17, 15) is 33.9 Å². The van der Waals surface area contributed by atoms with Gasteiger partial charge >= 0.3 is 0 Å². The highest BCUT2D eigenvalue weighted by Crippen LogP contribution is 2.66. The van der Waals surface area contributed by atoms with E-state index < -0.39 is 62.9 Å². The SMILES string of the molecule is COc1cc(C2C3=CCC4C(=O)N(O)C(=O)C4C3CC3(Cl)C(=O)N(c4ccc(F)cc4)C(=O)C23Cl)cc(Cl)c1O. The molecule has 0 bridgehead atoms. The van der Waals surface area contributed by atoms with Crippen LogP contribution < -0.4 is 9.64 Å². The molecule has 0 spiro atoms. The third-order valence-corrected chi connectivity index (χ3v) is 10.2. The third-order valence-electron chi connectivity index (χ3n) is 8.48. The van der Waals surface area contributed by atoms with E-state index in [-0.39, 0.29) is 45.7 Å². The van der Waals surface area contributed by atoms with Gasteiger partial charge in [0.2, 0.25) is 0 Å². The number of hydrogen-bond acceptors (Lipinski definition) is 7. The zero-order chi connectivity index (χ0) is 28.9. The van der Waals surface area contributed by atoms with Crippen molar-refractivity contribution in [2.24, 2.45) is 17.8 Å². The van der Waals surface area contributed by atoms with Crippen molar-refractivity contribution >= 4 is 64.1 Å². The van der Waals surface area contributed by atoms with Crippen LogP contribution in [0.5, 0.6) is 11.5 Å². The first-order chi connectivity index (χ1) is 18.9. The second kappa shape index (κ2) is 8.91. The molecule has 4 aliphatic rings. The number of alkyl halides is 2. The number of hydroxylamine groups is 2. The lowest BCUT2D eigenvalue weighted by Crippen LogP contribution is -2.60. The summed E-state index contributed by atoms with van der Waals surface area (Å²) in [4.78, 5) is 50.4. The molecule has 208 valence electrons. The summed E-state index contributed by atoms with van der Waals surface area (Å²) in [7, 11) is 1.30. The summed E-state index contributed by atoms with van der Waals surface area (Å²) in [6.07, 6.45) is 1.43. The molecule has 2 heterocycles. The van der Waals surface area contributed by atoms with E-state index in [0.29, 0.717) is 5.57 Å². The van der Waals surface area contributed by atoms with Gasteiger partial charge in [0.25, 0.3) is 23.6 Å². The number of phenolic OH excluding ortho intramolecular Hbond substituents is 1. The van der Waals surface area contributed by atoms with Gasteiger partial charge in [-0.3, -0.25) is 24.4 Å². The van der Waals surface area contributed by atoms with Crippen molar-refractivity contribution in [2.45, 2.75) is 28.5 Å². The van der Waals surface area contributed by atoms with E-state index in [0.717, 1.165) is 17.0 Å². The van der Waals surface area contributed by atoms with Gasteiger partial charge in [-0.05, 0) is 60.7 Å². The maximum Gasteiger partial charge on any atom is 0.258 e. The van der Waals surface area contributed by atoms with Crippen molar-refractivity contribution in [3.8, 4) is 11.5 Å². The second-order valence-corrected chi connectivity index (χ2v) is 11.9. The molecule has 6 unspecified atom stereocenters. The van der Waals surface area contributed by atoms with Crippen LogP contribution in [0.1, 0.15) is 24.3 Å². The topological polar surface area (TPSA) is 124 Å². The van der Waals surface area contributed by atoms with Crippen LogP contribution in [0.25, 0.3) is 0 Å². The number of rotatable bonds is 3. The quantitative estimate of drug-likeness (QED) is 0.232. The van der Waals surface area contributed by atoms with Crippen LogP contribution in [0, 0.1) is 23.6 Å². The maximum atomic E-state index is 14.2. The molecule has 2 N–H and O–H groups in total. The van der Waals surface area contributed by atoms with Gasteiger partial charge in [0.15, 0.2) is 21.2 Å². The Morgan fingerprint density at radius 1 is 1.02 bits per heavy atom. The first-order valence-electron chi connectivity index (χ1n) is 12.2. The monoisotopic (exact) mass is 608 g/mol. The molecule has 0 aromatic heterocycles. The highest BCUT2D eigenvalue weighted by atomic mass is 35.5. The van der Waals surface area contributed by atoms with E-state index in [1.54, 1.807) is 6.08 Å². The summed E-state index contributed by atoms with van der Waals surface area (Å²) >= 11 is 20.7. The summed E-state index contributed by atoms with van der Waals surface area (Å²) in [5.41, 5.74) is 0.748. The molecule has 3 fully saturated rings. The van der Waals surface area contributed by atoms with Crippen LogP contribution in [-0.2, 0) is 19.2 Å². The minimum atomic E-state index is -2.18. The maximum absolute atomic E-state index is 14.2. The van der Waals surface area contributed by atoms with Crippen molar-refractivity contribution in [3.63, 3.8) is 0 Å². The minimum absolute atomic E-state index is 0.0365. The number of imide groups is 2. The Bertz CT molecular complexity index is 1550. The predicted octanol–water partition coefficient (Wildman–Crippen LogP) is 4.15. The van der Waals surface area contributed by atoms with Gasteiger partial charge in [-0.1, -0.05) is 23.3 Å². The molecule has 2 saturated heterocycles. The fraction of sp³-hybridized carbons (Fsp3) is 0.333. The van der Waals surface area contributed by atoms with Crippen molar-refractivity contribution in [1.82, 2.24) is 5.06 Å². The average Bonchev–Trinajstić information content (AvgIpc) is 3.24. The summed E-state index contributed by atoms with van der Waals surface area (Å²) in [5, 5.41) is 20.5. The zero-order valence-electron chi connectivity index (χ0n) is 20.6. The molecule has 2 aromatic carbocycles. The first-order valence-corrected chi connectivity index (χ1v) is 13.4. The summed E-state index contributed by atoms with van der Waals surface area (Å²) in [5.74, 6) is -8.40. The summed E-state index contributed by atoms with van der Waals surface area (Å²) in [6, 6.07) is 7.40. The number of carbonyl (C=O) groups is 4. The number of allylic oxidation sites excluding steroid dienone is 2. The highest BCUT2D eigenvalue weighted by Gasteiger charge is 2.76. The fourth-order valence-electron chi connectivity index (χ4n) is 6.67. The van der Waals surface area contributed by atoms with Crippen molar-refractivity contribution < 1.29 is 38.6 Å². The molecule has 6 atom stereocenters. The number of phenols is 1. The number of fused-ring (bicyclic) bond motifs is 4. The lowest BCUT2D eigenvalue weighted by Gasteiger charge is -2.50. The Balaban J connectivity index is 1.60. The number of nitrogens with zero attached hydrogens (tertiary/aromatic N) is 2. The average molecular weight is 610 g/mol. The number of benzene rings is 2. The number of methoxy groups -OCH3 is 1. The molecule has 2 aliphatic carbocycles. The molecule has 9 nitrogen and oxygen atoms in total. The lowest BCUT2D eigenvalue weighted by atomic mass is 9.56. The van der Waals surface area contributed by atoms with Gasteiger partial charge < -0.3 is 9.84 Å². The Morgan fingerprint density at radius 2 is 1.70 bits per heavy atom. The molecule has 2 aromatic rings. The first kappa shape index (κ1) is 27.0. The van der Waals surface area contributed by atoms with Gasteiger partial charge in [-0.2, -0.15) is 5.06 Å². The number of hydrogen-bond donors (Lipinski definition) is 2.